The number of hydrogen-bond acceptors (Lipinski definition) is 2. The Bertz CT molecular complexity index is 461. The van der Waals surface area contributed by atoms with Gasteiger partial charge in [0.05, 0.1) is 0 Å². The van der Waals surface area contributed by atoms with Gasteiger partial charge in [0.1, 0.15) is 5.82 Å². The van der Waals surface area contributed by atoms with Crippen LogP contribution in [0.2, 0.25) is 0 Å². The number of anilines is 1. The van der Waals surface area contributed by atoms with Gasteiger partial charge in [0.25, 0.3) is 0 Å². The predicted molar refractivity (Wildman–Crippen MR) is 65.2 cm³/mol. The second-order valence-corrected chi connectivity index (χ2v) is 3.64. The van der Waals surface area contributed by atoms with E-state index < -0.39 is 5.97 Å². The van der Waals surface area contributed by atoms with Crippen molar-refractivity contribution in [2.75, 3.05) is 5.32 Å². The third kappa shape index (κ3) is 4.51. The quantitative estimate of drug-likeness (QED) is 0.622. The fraction of sp³-hybridized carbons (Fsp3) is 0.154. The number of halogens is 1. The monoisotopic (exact) mass is 235 g/mol. The SMILES string of the molecule is C/C(=C/C=C(\C)C(=O)O)Nc1ccc(F)cc1. The molecule has 0 aromatic heterocycles. The van der Waals surface area contributed by atoms with E-state index in [0.717, 1.165) is 11.4 Å². The van der Waals surface area contributed by atoms with Gasteiger partial charge in [0.2, 0.25) is 0 Å². The summed E-state index contributed by atoms with van der Waals surface area (Å²) in [4.78, 5) is 10.5. The standard InChI is InChI=1S/C13H14FNO2/c1-9(13(16)17)3-4-10(2)15-12-7-5-11(14)6-8-12/h3-8,15H,1-2H3,(H,16,17)/b9-3+,10-4-. The molecule has 0 saturated heterocycles. The minimum Gasteiger partial charge on any atom is -0.478 e. The number of hydrogen-bond donors (Lipinski definition) is 2. The van der Waals surface area contributed by atoms with E-state index in [2.05, 4.69) is 5.32 Å². The van der Waals surface area contributed by atoms with Crippen LogP contribution < -0.4 is 5.32 Å². The minimum atomic E-state index is -0.948. The Hall–Kier alpha value is -2.10. The molecule has 1 aromatic rings. The number of aliphatic carboxylic acids is 1. The molecule has 0 aliphatic rings. The molecule has 17 heavy (non-hydrogen) atoms. The van der Waals surface area contributed by atoms with E-state index >= 15 is 0 Å². The summed E-state index contributed by atoms with van der Waals surface area (Å²) in [6.07, 6.45) is 3.17. The Kier molecular flexibility index (Phi) is 4.46. The van der Waals surface area contributed by atoms with Gasteiger partial charge in [-0.25, -0.2) is 9.18 Å². The summed E-state index contributed by atoms with van der Waals surface area (Å²) in [5.41, 5.74) is 1.78. The first-order valence-electron chi connectivity index (χ1n) is 5.10. The van der Waals surface area contributed by atoms with Crippen LogP contribution >= 0.6 is 0 Å². The molecule has 0 amide bonds. The lowest BCUT2D eigenvalue weighted by atomic mass is 10.2. The first-order valence-corrected chi connectivity index (χ1v) is 5.10. The van der Waals surface area contributed by atoms with E-state index in [1.165, 1.54) is 25.1 Å². The maximum atomic E-state index is 12.6. The number of carboxylic acids is 1. The zero-order chi connectivity index (χ0) is 12.8. The van der Waals surface area contributed by atoms with Gasteiger partial charge >= 0.3 is 5.97 Å². The molecule has 2 N–H and O–H groups in total. The van der Waals surface area contributed by atoms with Gasteiger partial charge < -0.3 is 10.4 Å². The molecule has 0 atom stereocenters. The van der Waals surface area contributed by atoms with E-state index in [4.69, 9.17) is 5.11 Å². The van der Waals surface area contributed by atoms with Gasteiger partial charge in [0.15, 0.2) is 0 Å². The van der Waals surface area contributed by atoms with Crippen molar-refractivity contribution in [3.8, 4) is 0 Å². The largest absolute Gasteiger partial charge is 0.478 e. The molecular weight excluding hydrogens is 221 g/mol. The summed E-state index contributed by atoms with van der Waals surface area (Å²) >= 11 is 0. The van der Waals surface area contributed by atoms with Crippen molar-refractivity contribution in [1.82, 2.24) is 0 Å². The van der Waals surface area contributed by atoms with Crippen LogP contribution in [0, 0.1) is 5.82 Å². The Morgan fingerprint density at radius 1 is 1.24 bits per heavy atom. The van der Waals surface area contributed by atoms with E-state index in [0.29, 0.717) is 0 Å². The van der Waals surface area contributed by atoms with Crippen molar-refractivity contribution in [2.24, 2.45) is 0 Å². The molecule has 0 unspecified atom stereocenters. The van der Waals surface area contributed by atoms with Gasteiger partial charge in [-0.05, 0) is 44.2 Å². The number of carbonyl (C=O) groups is 1. The molecule has 0 radical (unpaired) electrons. The molecule has 0 aliphatic carbocycles. The lowest BCUT2D eigenvalue weighted by Gasteiger charge is -2.05. The van der Waals surface area contributed by atoms with Crippen LogP contribution in [0.5, 0.6) is 0 Å². The Balaban J connectivity index is 2.69. The molecule has 1 aromatic carbocycles. The fourth-order valence-corrected chi connectivity index (χ4v) is 1.12. The van der Waals surface area contributed by atoms with Gasteiger partial charge in [-0.2, -0.15) is 0 Å². The zero-order valence-electron chi connectivity index (χ0n) is 9.70. The number of nitrogens with one attached hydrogen (secondary N) is 1. The maximum absolute atomic E-state index is 12.6. The zero-order valence-corrected chi connectivity index (χ0v) is 9.70. The van der Waals surface area contributed by atoms with Gasteiger partial charge in [-0.15, -0.1) is 0 Å². The molecule has 0 saturated carbocycles. The van der Waals surface area contributed by atoms with Crippen molar-refractivity contribution >= 4 is 11.7 Å². The van der Waals surface area contributed by atoms with Crippen LogP contribution in [0.1, 0.15) is 13.8 Å². The number of benzene rings is 1. The summed E-state index contributed by atoms with van der Waals surface area (Å²) in [6.45, 7) is 3.32. The van der Waals surface area contributed by atoms with Crippen LogP contribution in [0.15, 0.2) is 47.7 Å². The van der Waals surface area contributed by atoms with E-state index in [1.54, 1.807) is 25.1 Å². The van der Waals surface area contributed by atoms with E-state index in [-0.39, 0.29) is 11.4 Å². The third-order valence-electron chi connectivity index (χ3n) is 2.11. The highest BCUT2D eigenvalue weighted by Crippen LogP contribution is 2.11. The van der Waals surface area contributed by atoms with Crippen molar-refractivity contribution in [2.45, 2.75) is 13.8 Å². The van der Waals surface area contributed by atoms with E-state index in [1.807, 2.05) is 0 Å². The summed E-state index contributed by atoms with van der Waals surface area (Å²) in [5.74, 6) is -1.24. The third-order valence-corrected chi connectivity index (χ3v) is 2.11. The molecule has 0 bridgehead atoms. The first-order chi connectivity index (χ1) is 7.99. The second-order valence-electron chi connectivity index (χ2n) is 3.64. The molecule has 0 aliphatic heterocycles. The maximum Gasteiger partial charge on any atom is 0.331 e. The summed E-state index contributed by atoms with van der Waals surface area (Å²) in [6, 6.07) is 5.93. The van der Waals surface area contributed by atoms with Gasteiger partial charge in [-0.1, -0.05) is 6.08 Å². The summed E-state index contributed by atoms with van der Waals surface area (Å²) in [7, 11) is 0. The van der Waals surface area contributed by atoms with Crippen molar-refractivity contribution in [1.29, 1.82) is 0 Å². The molecule has 3 nitrogen and oxygen atoms in total. The molecule has 90 valence electrons. The normalized spacial score (nSPS) is 12.4. The summed E-state index contributed by atoms with van der Waals surface area (Å²) < 4.78 is 12.6. The molecule has 0 spiro atoms. The van der Waals surface area contributed by atoms with Gasteiger partial charge in [-0.3, -0.25) is 0 Å². The van der Waals surface area contributed by atoms with Gasteiger partial charge in [0, 0.05) is 17.0 Å². The van der Waals surface area contributed by atoms with Crippen molar-refractivity contribution in [3.05, 3.63) is 53.5 Å². The Morgan fingerprint density at radius 3 is 2.35 bits per heavy atom. The van der Waals surface area contributed by atoms with Crippen LogP contribution in [0.25, 0.3) is 0 Å². The Morgan fingerprint density at radius 2 is 1.82 bits per heavy atom. The Labute approximate surface area is 99.3 Å². The lowest BCUT2D eigenvalue weighted by Crippen LogP contribution is -1.97. The highest BCUT2D eigenvalue weighted by atomic mass is 19.1. The molecule has 4 heteroatoms. The highest BCUT2D eigenvalue weighted by molar-refractivity contribution is 5.86. The van der Waals surface area contributed by atoms with Crippen molar-refractivity contribution in [3.63, 3.8) is 0 Å². The lowest BCUT2D eigenvalue weighted by molar-refractivity contribution is -0.132. The molecule has 0 heterocycles. The van der Waals surface area contributed by atoms with Crippen LogP contribution in [0.3, 0.4) is 0 Å². The minimum absolute atomic E-state index is 0.255. The molecule has 1 rings (SSSR count). The average Bonchev–Trinajstić information content (AvgIpc) is 2.29. The topological polar surface area (TPSA) is 49.3 Å². The van der Waals surface area contributed by atoms with E-state index in [9.17, 15) is 9.18 Å². The highest BCUT2D eigenvalue weighted by Gasteiger charge is 1.97. The van der Waals surface area contributed by atoms with Crippen LogP contribution in [-0.2, 0) is 4.79 Å². The molecule has 0 fully saturated rings. The second kappa shape index (κ2) is 5.84. The van der Waals surface area contributed by atoms with Crippen LogP contribution in [-0.4, -0.2) is 11.1 Å². The fourth-order valence-electron chi connectivity index (χ4n) is 1.12. The van der Waals surface area contributed by atoms with Crippen LogP contribution in [0.4, 0.5) is 10.1 Å². The summed E-state index contributed by atoms with van der Waals surface area (Å²) in [5, 5.41) is 11.7. The smallest absolute Gasteiger partial charge is 0.331 e. The first kappa shape index (κ1) is 13.0. The predicted octanol–water partition coefficient (Wildman–Crippen LogP) is 3.17. The number of rotatable bonds is 4. The average molecular weight is 235 g/mol. The number of carboxylic acid groups (broad SMARTS) is 1. The van der Waals surface area contributed by atoms with Crippen molar-refractivity contribution < 1.29 is 14.3 Å². The number of allylic oxidation sites excluding steroid dienone is 3. The molecular formula is C13H14FNO2.